The van der Waals surface area contributed by atoms with E-state index in [4.69, 9.17) is 0 Å². The standard InChI is InChI=1S/C2ClF3O3S/c3-1(2(4,5)6)9-10(1,7)8. The van der Waals surface area contributed by atoms with E-state index in [0.717, 1.165) is 0 Å². The van der Waals surface area contributed by atoms with Crippen LogP contribution < -0.4 is 0 Å². The van der Waals surface area contributed by atoms with Gasteiger partial charge in [0.15, 0.2) is 0 Å². The SMILES string of the molecule is O=S1(=O)OC1(Cl)C(F)(F)F. The van der Waals surface area contributed by atoms with Gasteiger partial charge in [-0.15, -0.1) is 0 Å². The molecule has 0 aromatic heterocycles. The van der Waals surface area contributed by atoms with Crippen LogP contribution in [-0.4, -0.2) is 19.0 Å². The second-order valence-electron chi connectivity index (χ2n) is 1.57. The summed E-state index contributed by atoms with van der Waals surface area (Å²) < 4.78 is 54.2. The smallest absolute Gasteiger partial charge is 0.215 e. The third-order valence-corrected chi connectivity index (χ3v) is 3.08. The zero-order chi connectivity index (χ0) is 8.21. The van der Waals surface area contributed by atoms with Crippen LogP contribution in [0.25, 0.3) is 0 Å². The number of hydrogen-bond acceptors (Lipinski definition) is 3. The van der Waals surface area contributed by atoms with E-state index in [-0.39, 0.29) is 0 Å². The molecule has 0 aliphatic carbocycles. The van der Waals surface area contributed by atoms with Crippen molar-refractivity contribution in [3.8, 4) is 0 Å². The van der Waals surface area contributed by atoms with Crippen molar-refractivity contribution >= 4 is 21.7 Å². The first-order chi connectivity index (χ1) is 4.21. The molecule has 1 rings (SSSR count). The van der Waals surface area contributed by atoms with Crippen LogP contribution in [-0.2, 0) is 14.3 Å². The summed E-state index contributed by atoms with van der Waals surface area (Å²) in [6.07, 6.45) is -5.06. The van der Waals surface area contributed by atoms with E-state index in [1.165, 1.54) is 0 Å². The van der Waals surface area contributed by atoms with Gasteiger partial charge in [-0.25, -0.2) is 4.18 Å². The van der Waals surface area contributed by atoms with Gasteiger partial charge in [-0.3, -0.25) is 0 Å². The minimum Gasteiger partial charge on any atom is -0.215 e. The summed E-state index contributed by atoms with van der Waals surface area (Å²) in [5.41, 5.74) is 0. The van der Waals surface area contributed by atoms with Crippen molar-refractivity contribution in [3.05, 3.63) is 0 Å². The van der Waals surface area contributed by atoms with Crippen molar-refractivity contribution in [2.45, 2.75) is 10.6 Å². The van der Waals surface area contributed by atoms with Crippen molar-refractivity contribution in [1.29, 1.82) is 0 Å². The van der Waals surface area contributed by atoms with E-state index >= 15 is 0 Å². The molecule has 0 saturated carbocycles. The van der Waals surface area contributed by atoms with Crippen molar-refractivity contribution in [2.24, 2.45) is 0 Å². The highest BCUT2D eigenvalue weighted by atomic mass is 35.5. The summed E-state index contributed by atoms with van der Waals surface area (Å²) in [7, 11) is -4.57. The maximum absolute atomic E-state index is 11.5. The van der Waals surface area contributed by atoms with Crippen LogP contribution in [0.2, 0.25) is 0 Å². The molecule has 1 atom stereocenters. The van der Waals surface area contributed by atoms with E-state index in [2.05, 4.69) is 15.8 Å². The number of rotatable bonds is 0. The van der Waals surface area contributed by atoms with Gasteiger partial charge in [-0.2, -0.15) is 21.6 Å². The van der Waals surface area contributed by atoms with Gasteiger partial charge in [0, 0.05) is 0 Å². The molecule has 10 heavy (non-hydrogen) atoms. The Morgan fingerprint density at radius 3 is 1.70 bits per heavy atom. The molecule has 0 radical (unpaired) electrons. The molecular formula is C2ClF3O3S. The molecule has 0 spiro atoms. The Labute approximate surface area is 58.8 Å². The van der Waals surface area contributed by atoms with Crippen LogP contribution in [0.5, 0.6) is 0 Å². The highest BCUT2D eigenvalue weighted by molar-refractivity contribution is 7.95. The second-order valence-corrected chi connectivity index (χ2v) is 3.98. The summed E-state index contributed by atoms with van der Waals surface area (Å²) in [5, 5.41) is 0. The van der Waals surface area contributed by atoms with E-state index in [9.17, 15) is 21.6 Å². The maximum Gasteiger partial charge on any atom is 0.451 e. The summed E-state index contributed by atoms with van der Waals surface area (Å²) in [6.45, 7) is 0. The van der Waals surface area contributed by atoms with Gasteiger partial charge in [0.25, 0.3) is 0 Å². The van der Waals surface area contributed by atoms with Gasteiger partial charge in [0.2, 0.25) is 0 Å². The molecule has 0 N–H and O–H groups in total. The predicted molar refractivity (Wildman–Crippen MR) is 24.6 cm³/mol. The molecule has 1 saturated heterocycles. The molecule has 0 bridgehead atoms. The Balaban J connectivity index is 3.00. The predicted octanol–water partition coefficient (Wildman–Crippen LogP) is 0.801. The third kappa shape index (κ3) is 0.807. The number of halogens is 4. The lowest BCUT2D eigenvalue weighted by atomic mass is 10.7. The van der Waals surface area contributed by atoms with Crippen molar-refractivity contribution in [1.82, 2.24) is 0 Å². The largest absolute Gasteiger partial charge is 0.451 e. The Morgan fingerprint density at radius 1 is 1.40 bits per heavy atom. The Kier molecular flexibility index (Phi) is 1.29. The van der Waals surface area contributed by atoms with Crippen molar-refractivity contribution < 1.29 is 25.8 Å². The van der Waals surface area contributed by atoms with Crippen LogP contribution in [0.4, 0.5) is 13.2 Å². The minimum atomic E-state index is -5.06. The molecule has 1 aliphatic rings. The van der Waals surface area contributed by atoms with Crippen molar-refractivity contribution in [3.63, 3.8) is 0 Å². The lowest BCUT2D eigenvalue weighted by Crippen LogP contribution is -2.27. The van der Waals surface area contributed by atoms with Gasteiger partial charge >= 0.3 is 20.7 Å². The summed E-state index contributed by atoms with van der Waals surface area (Å²) >= 11 is 4.48. The topological polar surface area (TPSA) is 46.7 Å². The van der Waals surface area contributed by atoms with Crippen LogP contribution >= 0.6 is 11.6 Å². The highest BCUT2D eigenvalue weighted by Crippen LogP contribution is 2.54. The van der Waals surface area contributed by atoms with Crippen molar-refractivity contribution in [2.75, 3.05) is 0 Å². The summed E-state index contributed by atoms with van der Waals surface area (Å²) in [6, 6.07) is 0. The molecule has 0 aromatic rings. The van der Waals surface area contributed by atoms with Crippen LogP contribution in [0.15, 0.2) is 0 Å². The summed E-state index contributed by atoms with van der Waals surface area (Å²) in [5.74, 6) is 0. The van der Waals surface area contributed by atoms with E-state index in [1.807, 2.05) is 0 Å². The van der Waals surface area contributed by atoms with Crippen LogP contribution in [0, 0.1) is 0 Å². The van der Waals surface area contributed by atoms with E-state index in [0.29, 0.717) is 0 Å². The third-order valence-electron chi connectivity index (χ3n) is 0.851. The zero-order valence-corrected chi connectivity index (χ0v) is 5.72. The Bertz CT molecular complexity index is 255. The fraction of sp³-hybridized carbons (Fsp3) is 1.00. The van der Waals surface area contributed by atoms with Gasteiger partial charge in [-0.05, 0) is 0 Å². The highest BCUT2D eigenvalue weighted by Gasteiger charge is 2.80. The molecule has 3 nitrogen and oxygen atoms in total. The lowest BCUT2D eigenvalue weighted by Gasteiger charge is -2.02. The van der Waals surface area contributed by atoms with Crippen LogP contribution in [0.3, 0.4) is 0 Å². The lowest BCUT2D eigenvalue weighted by molar-refractivity contribution is -0.158. The zero-order valence-electron chi connectivity index (χ0n) is 4.14. The monoisotopic (exact) mass is 196 g/mol. The average molecular weight is 197 g/mol. The van der Waals surface area contributed by atoms with Gasteiger partial charge in [0.05, 0.1) is 0 Å². The average Bonchev–Trinajstić information content (AvgIpc) is 2.05. The van der Waals surface area contributed by atoms with Gasteiger partial charge in [0.1, 0.15) is 0 Å². The van der Waals surface area contributed by atoms with E-state index in [1.54, 1.807) is 0 Å². The first-order valence-corrected chi connectivity index (χ1v) is 3.70. The molecule has 1 unspecified atom stereocenters. The molecule has 1 heterocycles. The molecule has 1 fully saturated rings. The molecule has 1 aliphatic heterocycles. The van der Waals surface area contributed by atoms with Gasteiger partial charge < -0.3 is 0 Å². The quantitative estimate of drug-likeness (QED) is 0.425. The number of alkyl halides is 4. The fourth-order valence-corrected chi connectivity index (χ4v) is 1.35. The first kappa shape index (κ1) is 8.09. The molecular weight excluding hydrogens is 197 g/mol. The first-order valence-electron chi connectivity index (χ1n) is 1.91. The Hall–Kier alpha value is -0.0100. The summed E-state index contributed by atoms with van der Waals surface area (Å²) in [4.78, 5) is 0. The molecule has 0 amide bonds. The molecule has 60 valence electrons. The van der Waals surface area contributed by atoms with E-state index < -0.39 is 20.7 Å². The normalized spacial score (nSPS) is 37.6. The Morgan fingerprint density at radius 2 is 1.70 bits per heavy atom. The van der Waals surface area contributed by atoms with Crippen LogP contribution in [0.1, 0.15) is 0 Å². The number of hydrogen-bond donors (Lipinski definition) is 0. The minimum absolute atomic E-state index is 3.27. The van der Waals surface area contributed by atoms with Gasteiger partial charge in [-0.1, -0.05) is 11.6 Å². The maximum atomic E-state index is 11.5. The second kappa shape index (κ2) is 1.59. The fourth-order valence-electron chi connectivity index (χ4n) is 0.313. The molecule has 0 aromatic carbocycles. The molecule has 8 heteroatoms.